The zero-order valence-electron chi connectivity index (χ0n) is 12.7. The van der Waals surface area contributed by atoms with Gasteiger partial charge >= 0.3 is 8.80 Å². The van der Waals surface area contributed by atoms with Crippen molar-refractivity contribution < 1.29 is 9.16 Å². The molecule has 0 saturated carbocycles. The molecule has 0 N–H and O–H groups in total. The molecule has 0 amide bonds. The van der Waals surface area contributed by atoms with E-state index in [4.69, 9.17) is 9.16 Å². The predicted octanol–water partition coefficient (Wildman–Crippen LogP) is 1.02. The molecule has 0 spiro atoms. The molecule has 0 fully saturated rings. The lowest BCUT2D eigenvalue weighted by molar-refractivity contribution is 0.0910. The molecule has 6 heteroatoms. The molecule has 0 unspecified atom stereocenters. The molecule has 0 saturated heterocycles. The molecule has 0 heterocycles. The van der Waals surface area contributed by atoms with E-state index in [-0.39, 0.29) is 0 Å². The summed E-state index contributed by atoms with van der Waals surface area (Å²) in [4.78, 5) is 0. The average Bonchev–Trinajstić information content (AvgIpc) is 2.16. The fourth-order valence-electron chi connectivity index (χ4n) is 1.95. The predicted molar refractivity (Wildman–Crippen MR) is 73.3 cm³/mol. The maximum Gasteiger partial charge on any atom is 0.512 e. The number of rotatable bonds is 6. The van der Waals surface area contributed by atoms with Gasteiger partial charge in [0.1, 0.15) is 0 Å². The molecule has 0 atom stereocenters. The first-order valence-electron chi connectivity index (χ1n) is 5.62. The van der Waals surface area contributed by atoms with Crippen LogP contribution in [0.2, 0.25) is 0 Å². The Hall–Kier alpha value is -0.563. The first-order chi connectivity index (χ1) is 7.70. The number of allylic oxidation sites excluding steroid dienone is 1. The van der Waals surface area contributed by atoms with Crippen LogP contribution in [0.15, 0.2) is 11.5 Å². The number of hydrogen-bond acceptors (Lipinski definition) is 5. The minimum atomic E-state index is -2.36. The standard InChI is InChI=1S/C11H27N3O2Si/c1-10(2)11(15-9)16-17(12(3)4,13(5)6)14(7)8/h1-9H3. The smallest absolute Gasteiger partial charge is 0.479 e. The van der Waals surface area contributed by atoms with Gasteiger partial charge in [0, 0.05) is 5.57 Å². The van der Waals surface area contributed by atoms with Gasteiger partial charge in [0.15, 0.2) is 0 Å². The van der Waals surface area contributed by atoms with E-state index in [9.17, 15) is 0 Å². The lowest BCUT2D eigenvalue weighted by Gasteiger charge is -2.44. The summed E-state index contributed by atoms with van der Waals surface area (Å²) in [7, 11) is 11.5. The fraction of sp³-hybridized carbons (Fsp3) is 0.818. The zero-order valence-corrected chi connectivity index (χ0v) is 13.7. The molecule has 102 valence electrons. The lowest BCUT2D eigenvalue weighted by atomic mass is 10.4. The van der Waals surface area contributed by atoms with Crippen LogP contribution in [0.5, 0.6) is 0 Å². The highest BCUT2D eigenvalue weighted by Gasteiger charge is 2.49. The van der Waals surface area contributed by atoms with E-state index in [2.05, 4.69) is 13.7 Å². The van der Waals surface area contributed by atoms with Crippen molar-refractivity contribution in [1.29, 1.82) is 0 Å². The molecule has 0 aliphatic rings. The van der Waals surface area contributed by atoms with Crippen molar-refractivity contribution in [2.75, 3.05) is 49.4 Å². The van der Waals surface area contributed by atoms with Gasteiger partial charge in [-0.1, -0.05) is 0 Å². The van der Waals surface area contributed by atoms with Gasteiger partial charge in [-0.25, -0.2) is 0 Å². The summed E-state index contributed by atoms with van der Waals surface area (Å²) in [5, 5.41) is 0. The van der Waals surface area contributed by atoms with E-state index in [1.54, 1.807) is 7.11 Å². The van der Waals surface area contributed by atoms with Gasteiger partial charge < -0.3 is 9.16 Å². The van der Waals surface area contributed by atoms with Crippen LogP contribution in [0.3, 0.4) is 0 Å². The van der Waals surface area contributed by atoms with Gasteiger partial charge in [0.05, 0.1) is 7.11 Å². The monoisotopic (exact) mass is 261 g/mol. The van der Waals surface area contributed by atoms with E-state index in [1.165, 1.54) is 0 Å². The number of hydrogen-bond donors (Lipinski definition) is 0. The van der Waals surface area contributed by atoms with Crippen molar-refractivity contribution in [2.24, 2.45) is 0 Å². The average molecular weight is 261 g/mol. The van der Waals surface area contributed by atoms with Gasteiger partial charge in [-0.05, 0) is 56.1 Å². The Morgan fingerprint density at radius 2 is 1.18 bits per heavy atom. The number of ether oxygens (including phenoxy) is 1. The van der Waals surface area contributed by atoms with E-state index in [0.717, 1.165) is 5.57 Å². The van der Waals surface area contributed by atoms with Gasteiger partial charge in [-0.3, -0.25) is 13.7 Å². The minimum Gasteiger partial charge on any atom is -0.479 e. The number of methoxy groups -OCH3 is 1. The second-order valence-electron chi connectivity index (χ2n) is 4.85. The molecule has 0 rings (SSSR count). The Morgan fingerprint density at radius 3 is 1.35 bits per heavy atom. The van der Waals surface area contributed by atoms with Crippen LogP contribution >= 0.6 is 0 Å². The normalized spacial score (nSPS) is 12.2. The molecule has 0 aromatic heterocycles. The Kier molecular flexibility index (Phi) is 6.18. The summed E-state index contributed by atoms with van der Waals surface area (Å²) in [5.74, 6) is 0.604. The molecule has 0 bridgehead atoms. The second kappa shape index (κ2) is 6.39. The molecule has 0 aromatic carbocycles. The van der Waals surface area contributed by atoms with Crippen molar-refractivity contribution in [3.63, 3.8) is 0 Å². The highest BCUT2D eigenvalue weighted by atomic mass is 28.4. The molecule has 17 heavy (non-hydrogen) atoms. The summed E-state index contributed by atoms with van der Waals surface area (Å²) in [6.07, 6.45) is 0. The molecular formula is C11H27N3O2Si. The Balaban J connectivity index is 5.41. The largest absolute Gasteiger partial charge is 0.512 e. The molecule has 0 aliphatic carbocycles. The van der Waals surface area contributed by atoms with Crippen LogP contribution < -0.4 is 0 Å². The van der Waals surface area contributed by atoms with Crippen molar-refractivity contribution in [3.8, 4) is 0 Å². The van der Waals surface area contributed by atoms with E-state index in [1.807, 2.05) is 56.1 Å². The van der Waals surface area contributed by atoms with Crippen molar-refractivity contribution in [1.82, 2.24) is 13.7 Å². The third kappa shape index (κ3) is 3.45. The third-order valence-electron chi connectivity index (χ3n) is 2.57. The third-order valence-corrected chi connectivity index (χ3v) is 6.53. The van der Waals surface area contributed by atoms with Crippen LogP contribution in [-0.2, 0) is 9.16 Å². The molecule has 0 radical (unpaired) electrons. The van der Waals surface area contributed by atoms with Crippen LogP contribution in [0, 0.1) is 0 Å². The van der Waals surface area contributed by atoms with Crippen LogP contribution in [-0.4, -0.2) is 71.9 Å². The lowest BCUT2D eigenvalue weighted by Crippen LogP contribution is -2.71. The zero-order chi connectivity index (χ0) is 13.8. The van der Waals surface area contributed by atoms with Crippen molar-refractivity contribution >= 4 is 8.80 Å². The second-order valence-corrected chi connectivity index (χ2v) is 8.89. The van der Waals surface area contributed by atoms with Gasteiger partial charge in [0.25, 0.3) is 5.95 Å². The minimum absolute atomic E-state index is 0.604. The Morgan fingerprint density at radius 1 is 0.824 bits per heavy atom. The fourth-order valence-corrected chi connectivity index (χ4v) is 5.43. The van der Waals surface area contributed by atoms with E-state index < -0.39 is 8.80 Å². The van der Waals surface area contributed by atoms with Crippen LogP contribution in [0.25, 0.3) is 0 Å². The summed E-state index contributed by atoms with van der Waals surface area (Å²) < 4.78 is 17.9. The molecule has 0 aromatic rings. The summed E-state index contributed by atoms with van der Waals surface area (Å²) in [6, 6.07) is 0. The highest BCUT2D eigenvalue weighted by Crippen LogP contribution is 2.20. The van der Waals surface area contributed by atoms with Gasteiger partial charge in [-0.15, -0.1) is 0 Å². The van der Waals surface area contributed by atoms with E-state index in [0.29, 0.717) is 5.95 Å². The Bertz CT molecular complexity index is 252. The van der Waals surface area contributed by atoms with Gasteiger partial charge in [0.2, 0.25) is 0 Å². The first kappa shape index (κ1) is 16.4. The summed E-state index contributed by atoms with van der Waals surface area (Å²) in [5.41, 5.74) is 1.04. The summed E-state index contributed by atoms with van der Waals surface area (Å²) in [6.45, 7) is 3.97. The first-order valence-corrected chi connectivity index (χ1v) is 7.37. The van der Waals surface area contributed by atoms with Gasteiger partial charge in [-0.2, -0.15) is 0 Å². The molecular weight excluding hydrogens is 234 g/mol. The van der Waals surface area contributed by atoms with Crippen molar-refractivity contribution in [3.05, 3.63) is 11.5 Å². The number of nitrogens with zero attached hydrogens (tertiary/aromatic N) is 3. The Labute approximate surface area is 107 Å². The topological polar surface area (TPSA) is 28.2 Å². The van der Waals surface area contributed by atoms with E-state index >= 15 is 0 Å². The molecule has 5 nitrogen and oxygen atoms in total. The highest BCUT2D eigenvalue weighted by molar-refractivity contribution is 6.65. The SMILES string of the molecule is COC(O[Si](N(C)C)(N(C)C)N(C)C)=C(C)C. The maximum absolute atomic E-state index is 6.21. The van der Waals surface area contributed by atoms with Crippen molar-refractivity contribution in [2.45, 2.75) is 13.8 Å². The summed E-state index contributed by atoms with van der Waals surface area (Å²) >= 11 is 0. The van der Waals surface area contributed by atoms with Crippen LogP contribution in [0.1, 0.15) is 13.8 Å². The quantitative estimate of drug-likeness (QED) is 0.526. The van der Waals surface area contributed by atoms with Crippen LogP contribution in [0.4, 0.5) is 0 Å². The molecule has 0 aliphatic heterocycles. The maximum atomic E-state index is 6.21.